The second-order valence-electron chi connectivity index (χ2n) is 4.54. The first-order valence-corrected chi connectivity index (χ1v) is 6.44. The molecular formula is C13H24N4O. The Morgan fingerprint density at radius 2 is 2.11 bits per heavy atom. The Kier molecular flexibility index (Phi) is 5.85. The highest BCUT2D eigenvalue weighted by molar-refractivity contribution is 5.34. The minimum atomic E-state index is 0.497. The molecule has 0 aromatic carbocycles. The summed E-state index contributed by atoms with van der Waals surface area (Å²) in [5.74, 6) is 1.35. The van der Waals surface area contributed by atoms with Gasteiger partial charge in [0.05, 0.1) is 7.11 Å². The Hall–Kier alpha value is -1.36. The maximum atomic E-state index is 5.18. The number of hydrogen-bond acceptors (Lipinski definition) is 5. The summed E-state index contributed by atoms with van der Waals surface area (Å²) in [5, 5.41) is 3.39. The summed E-state index contributed by atoms with van der Waals surface area (Å²) in [6.07, 6.45) is 0. The van der Waals surface area contributed by atoms with E-state index in [9.17, 15) is 0 Å². The van der Waals surface area contributed by atoms with Crippen LogP contribution < -0.4 is 15.0 Å². The fourth-order valence-electron chi connectivity index (χ4n) is 1.66. The summed E-state index contributed by atoms with van der Waals surface area (Å²) in [4.78, 5) is 11.0. The van der Waals surface area contributed by atoms with Gasteiger partial charge in [-0.25, -0.2) is 4.98 Å². The lowest BCUT2D eigenvalue weighted by Gasteiger charge is -2.22. The lowest BCUT2D eigenvalue weighted by atomic mass is 10.4. The fraction of sp³-hybridized carbons (Fsp3) is 0.692. The molecule has 5 nitrogen and oxygen atoms in total. The summed E-state index contributed by atoms with van der Waals surface area (Å²) < 4.78 is 5.18. The van der Waals surface area contributed by atoms with E-state index in [1.165, 1.54) is 0 Å². The van der Waals surface area contributed by atoms with Crippen LogP contribution in [0.5, 0.6) is 5.88 Å². The van der Waals surface area contributed by atoms with E-state index in [2.05, 4.69) is 41.0 Å². The molecule has 0 amide bonds. The molecule has 1 heterocycles. The second kappa shape index (κ2) is 7.16. The van der Waals surface area contributed by atoms with Crippen molar-refractivity contribution in [3.63, 3.8) is 0 Å². The molecule has 0 saturated carbocycles. The smallest absolute Gasteiger partial charge is 0.228 e. The molecule has 0 fully saturated rings. The van der Waals surface area contributed by atoms with Gasteiger partial charge in [-0.05, 0) is 13.8 Å². The van der Waals surface area contributed by atoms with Crippen LogP contribution in [0.1, 0.15) is 26.5 Å². The molecule has 0 bridgehead atoms. The zero-order valence-electron chi connectivity index (χ0n) is 12.0. The van der Waals surface area contributed by atoms with Crippen LogP contribution in [0.2, 0.25) is 0 Å². The minimum Gasteiger partial charge on any atom is -0.481 e. The van der Waals surface area contributed by atoms with Crippen LogP contribution in [0.25, 0.3) is 0 Å². The van der Waals surface area contributed by atoms with Crippen LogP contribution in [0.4, 0.5) is 5.95 Å². The molecule has 0 aliphatic heterocycles. The summed E-state index contributed by atoms with van der Waals surface area (Å²) in [7, 11) is 1.63. The lowest BCUT2D eigenvalue weighted by Crippen LogP contribution is -2.35. The number of aromatic nitrogens is 2. The predicted molar refractivity (Wildman–Crippen MR) is 74.3 cm³/mol. The molecule has 0 saturated heterocycles. The Morgan fingerprint density at radius 1 is 1.39 bits per heavy atom. The van der Waals surface area contributed by atoms with Crippen molar-refractivity contribution in [1.29, 1.82) is 0 Å². The van der Waals surface area contributed by atoms with Crippen molar-refractivity contribution in [2.24, 2.45) is 0 Å². The molecule has 0 aliphatic rings. The Bertz CT molecular complexity index is 368. The molecular weight excluding hydrogens is 228 g/mol. The standard InChI is InChI=1S/C13H24N4O/c1-6-17(8-7-14-10(2)3)13-15-11(4)9-12(16-13)18-5/h9-10,14H,6-8H2,1-5H3. The van der Waals surface area contributed by atoms with Crippen LogP contribution in [0.3, 0.4) is 0 Å². The molecule has 0 unspecified atom stereocenters. The average Bonchev–Trinajstić information content (AvgIpc) is 2.33. The molecule has 1 aromatic heterocycles. The third-order valence-corrected chi connectivity index (χ3v) is 2.63. The quantitative estimate of drug-likeness (QED) is 0.799. The molecule has 0 aliphatic carbocycles. The van der Waals surface area contributed by atoms with Gasteiger partial charge in [0.1, 0.15) is 0 Å². The van der Waals surface area contributed by atoms with Crippen LogP contribution in [-0.4, -0.2) is 42.8 Å². The number of nitrogens with one attached hydrogen (secondary N) is 1. The molecule has 18 heavy (non-hydrogen) atoms. The van der Waals surface area contributed by atoms with Crippen molar-refractivity contribution in [3.05, 3.63) is 11.8 Å². The van der Waals surface area contributed by atoms with Gasteiger partial charge in [0.25, 0.3) is 0 Å². The second-order valence-corrected chi connectivity index (χ2v) is 4.54. The number of hydrogen-bond donors (Lipinski definition) is 1. The van der Waals surface area contributed by atoms with Crippen molar-refractivity contribution in [2.45, 2.75) is 33.7 Å². The lowest BCUT2D eigenvalue weighted by molar-refractivity contribution is 0.396. The van der Waals surface area contributed by atoms with Gasteiger partial charge in [0.15, 0.2) is 0 Å². The summed E-state index contributed by atoms with van der Waals surface area (Å²) >= 11 is 0. The first kappa shape index (κ1) is 14.7. The van der Waals surface area contributed by atoms with Crippen LogP contribution in [0.15, 0.2) is 6.07 Å². The number of anilines is 1. The highest BCUT2D eigenvalue weighted by Crippen LogP contribution is 2.14. The van der Waals surface area contributed by atoms with Crippen molar-refractivity contribution >= 4 is 5.95 Å². The topological polar surface area (TPSA) is 50.3 Å². The largest absolute Gasteiger partial charge is 0.481 e. The number of ether oxygens (including phenoxy) is 1. The summed E-state index contributed by atoms with van der Waals surface area (Å²) in [5.41, 5.74) is 0.923. The third-order valence-electron chi connectivity index (χ3n) is 2.63. The minimum absolute atomic E-state index is 0.497. The summed E-state index contributed by atoms with van der Waals surface area (Å²) in [6.45, 7) is 11.0. The first-order valence-electron chi connectivity index (χ1n) is 6.44. The van der Waals surface area contributed by atoms with E-state index in [1.54, 1.807) is 7.11 Å². The van der Waals surface area contributed by atoms with Gasteiger partial charge in [-0.15, -0.1) is 0 Å². The molecule has 5 heteroatoms. The molecule has 0 spiro atoms. The van der Waals surface area contributed by atoms with Gasteiger partial charge in [0, 0.05) is 37.4 Å². The fourth-order valence-corrected chi connectivity index (χ4v) is 1.66. The molecule has 1 aromatic rings. The van der Waals surface area contributed by atoms with E-state index in [-0.39, 0.29) is 0 Å². The predicted octanol–water partition coefficient (Wildman–Crippen LogP) is 1.62. The van der Waals surface area contributed by atoms with Gasteiger partial charge in [-0.1, -0.05) is 13.8 Å². The van der Waals surface area contributed by atoms with Crippen molar-refractivity contribution in [2.75, 3.05) is 31.6 Å². The average molecular weight is 252 g/mol. The highest BCUT2D eigenvalue weighted by Gasteiger charge is 2.10. The van der Waals surface area contributed by atoms with Gasteiger partial charge in [0.2, 0.25) is 11.8 Å². The monoisotopic (exact) mass is 252 g/mol. The molecule has 102 valence electrons. The van der Waals surface area contributed by atoms with Crippen LogP contribution >= 0.6 is 0 Å². The Balaban J connectivity index is 2.71. The maximum Gasteiger partial charge on any atom is 0.228 e. The molecule has 1 rings (SSSR count). The van der Waals surface area contributed by atoms with E-state index < -0.39 is 0 Å². The van der Waals surface area contributed by atoms with E-state index in [0.29, 0.717) is 11.9 Å². The first-order chi connectivity index (χ1) is 8.56. The number of methoxy groups -OCH3 is 1. The SMILES string of the molecule is CCN(CCNC(C)C)c1nc(C)cc(OC)n1. The number of aryl methyl sites for hydroxylation is 1. The van der Waals surface area contributed by atoms with Gasteiger partial charge >= 0.3 is 0 Å². The zero-order chi connectivity index (χ0) is 13.5. The van der Waals surface area contributed by atoms with Gasteiger partial charge in [-0.3, -0.25) is 0 Å². The van der Waals surface area contributed by atoms with Crippen molar-refractivity contribution in [1.82, 2.24) is 15.3 Å². The number of nitrogens with zero attached hydrogens (tertiary/aromatic N) is 3. The van der Waals surface area contributed by atoms with E-state index in [1.807, 2.05) is 13.0 Å². The highest BCUT2D eigenvalue weighted by atomic mass is 16.5. The summed E-state index contributed by atoms with van der Waals surface area (Å²) in [6, 6.07) is 2.33. The molecule has 1 N–H and O–H groups in total. The maximum absolute atomic E-state index is 5.18. The van der Waals surface area contributed by atoms with E-state index in [0.717, 1.165) is 31.3 Å². The molecule has 0 radical (unpaired) electrons. The van der Waals surface area contributed by atoms with Crippen molar-refractivity contribution < 1.29 is 4.74 Å². The number of rotatable bonds is 7. The Morgan fingerprint density at radius 3 is 2.67 bits per heavy atom. The Labute approximate surface area is 110 Å². The van der Waals surface area contributed by atoms with Crippen LogP contribution in [0, 0.1) is 6.92 Å². The third kappa shape index (κ3) is 4.49. The van der Waals surface area contributed by atoms with Crippen LogP contribution in [-0.2, 0) is 0 Å². The normalized spacial score (nSPS) is 10.8. The molecule has 0 atom stereocenters. The van der Waals surface area contributed by atoms with Gasteiger partial charge in [-0.2, -0.15) is 4.98 Å². The van der Waals surface area contributed by atoms with Crippen molar-refractivity contribution in [3.8, 4) is 5.88 Å². The number of likely N-dealkylation sites (N-methyl/N-ethyl adjacent to an activating group) is 1. The van der Waals surface area contributed by atoms with E-state index >= 15 is 0 Å². The van der Waals surface area contributed by atoms with Gasteiger partial charge < -0.3 is 15.0 Å². The zero-order valence-corrected chi connectivity index (χ0v) is 12.0. The van der Waals surface area contributed by atoms with E-state index in [4.69, 9.17) is 4.74 Å².